The van der Waals surface area contributed by atoms with E-state index < -0.39 is 18.5 Å². The fraction of sp³-hybridized carbons (Fsp3) is 0.158. The van der Waals surface area contributed by atoms with Gasteiger partial charge in [-0.3, -0.25) is 9.59 Å². The first kappa shape index (κ1) is 19.3. The Morgan fingerprint density at radius 1 is 1.11 bits per heavy atom. The number of benzene rings is 1. The average Bonchev–Trinajstić information content (AvgIpc) is 3.40. The van der Waals surface area contributed by atoms with Gasteiger partial charge in [0.05, 0.1) is 17.1 Å². The third-order valence-electron chi connectivity index (χ3n) is 3.77. The number of para-hydroxylation sites is 1. The minimum absolute atomic E-state index is 0.181. The molecule has 0 aliphatic heterocycles. The molecule has 144 valence electrons. The van der Waals surface area contributed by atoms with E-state index in [-0.39, 0.29) is 18.0 Å². The third kappa shape index (κ3) is 4.63. The first-order valence-electron chi connectivity index (χ1n) is 8.42. The number of hydrogen-bond acceptors (Lipinski definition) is 6. The van der Waals surface area contributed by atoms with E-state index in [9.17, 15) is 14.4 Å². The second kappa shape index (κ2) is 8.96. The van der Waals surface area contributed by atoms with Crippen LogP contribution in [0.2, 0.25) is 0 Å². The molecule has 1 aromatic carbocycles. The Bertz CT molecular complexity index is 967. The molecular weight excluding hydrogens is 380 g/mol. The number of carbonyl (C=O) groups excluding carboxylic acids is 3. The molecule has 2 heterocycles. The normalized spacial score (nSPS) is 10.3. The summed E-state index contributed by atoms with van der Waals surface area (Å²) in [5.41, 5.74) is 1.53. The molecule has 0 spiro atoms. The monoisotopic (exact) mass is 398 g/mol. The van der Waals surface area contributed by atoms with E-state index in [0.29, 0.717) is 5.69 Å². The van der Waals surface area contributed by atoms with Crippen molar-refractivity contribution in [2.24, 2.45) is 0 Å². The number of rotatable bonds is 7. The number of likely N-dealkylation sites (N-methyl/N-ethyl adjacent to an activating group) is 1. The Morgan fingerprint density at radius 2 is 1.89 bits per heavy atom. The van der Waals surface area contributed by atoms with Crippen molar-refractivity contribution in [2.75, 3.05) is 20.2 Å². The molecule has 2 N–H and O–H groups in total. The van der Waals surface area contributed by atoms with Crippen molar-refractivity contribution in [2.45, 2.75) is 0 Å². The van der Waals surface area contributed by atoms with Crippen LogP contribution in [-0.4, -0.2) is 47.8 Å². The van der Waals surface area contributed by atoms with Crippen LogP contribution in [0, 0.1) is 0 Å². The van der Waals surface area contributed by atoms with Gasteiger partial charge in [-0.2, -0.15) is 5.10 Å². The average molecular weight is 398 g/mol. The molecule has 28 heavy (non-hydrogen) atoms. The lowest BCUT2D eigenvalue weighted by Gasteiger charge is -2.05. The Hall–Kier alpha value is -3.46. The summed E-state index contributed by atoms with van der Waals surface area (Å²) in [5, 5.41) is 11.1. The van der Waals surface area contributed by atoms with E-state index in [1.807, 2.05) is 47.8 Å². The largest absolute Gasteiger partial charge is 0.452 e. The number of amides is 2. The van der Waals surface area contributed by atoms with Crippen molar-refractivity contribution in [3.05, 3.63) is 59.6 Å². The van der Waals surface area contributed by atoms with E-state index in [0.717, 1.165) is 10.6 Å². The van der Waals surface area contributed by atoms with Crippen LogP contribution < -0.4 is 10.6 Å². The second-order valence-electron chi connectivity index (χ2n) is 5.67. The highest BCUT2D eigenvalue weighted by molar-refractivity contribution is 7.13. The molecule has 0 saturated carbocycles. The number of esters is 1. The Kier molecular flexibility index (Phi) is 6.18. The topological polar surface area (TPSA) is 102 Å². The zero-order chi connectivity index (χ0) is 19.9. The first-order chi connectivity index (χ1) is 13.6. The molecule has 3 aromatic rings. The van der Waals surface area contributed by atoms with Crippen LogP contribution in [0.1, 0.15) is 10.4 Å². The Labute approximate surface area is 165 Å². The van der Waals surface area contributed by atoms with Crippen molar-refractivity contribution < 1.29 is 19.1 Å². The molecule has 0 unspecified atom stereocenters. The van der Waals surface area contributed by atoms with Crippen molar-refractivity contribution in [1.82, 2.24) is 20.4 Å². The summed E-state index contributed by atoms with van der Waals surface area (Å²) < 4.78 is 6.71. The van der Waals surface area contributed by atoms with E-state index in [1.165, 1.54) is 18.4 Å². The summed E-state index contributed by atoms with van der Waals surface area (Å²) >= 11 is 1.45. The van der Waals surface area contributed by atoms with Gasteiger partial charge in [-0.1, -0.05) is 24.3 Å². The maximum Gasteiger partial charge on any atom is 0.342 e. The Morgan fingerprint density at radius 3 is 2.57 bits per heavy atom. The molecule has 2 aromatic heterocycles. The summed E-state index contributed by atoms with van der Waals surface area (Å²) in [6, 6.07) is 13.1. The maximum atomic E-state index is 12.6. The summed E-state index contributed by atoms with van der Waals surface area (Å²) in [6.45, 7) is -0.671. The molecule has 0 aliphatic carbocycles. The number of aromatic nitrogens is 2. The van der Waals surface area contributed by atoms with Crippen LogP contribution in [-0.2, 0) is 14.3 Å². The van der Waals surface area contributed by atoms with Gasteiger partial charge in [0.2, 0.25) is 5.91 Å². The zero-order valence-electron chi connectivity index (χ0n) is 15.0. The molecule has 0 aliphatic rings. The van der Waals surface area contributed by atoms with Gasteiger partial charge in [-0.25, -0.2) is 9.48 Å². The molecule has 0 saturated heterocycles. The van der Waals surface area contributed by atoms with Crippen molar-refractivity contribution in [3.63, 3.8) is 0 Å². The van der Waals surface area contributed by atoms with E-state index in [1.54, 1.807) is 10.9 Å². The fourth-order valence-electron chi connectivity index (χ4n) is 2.36. The predicted molar refractivity (Wildman–Crippen MR) is 104 cm³/mol. The number of carbonyl (C=O) groups is 3. The van der Waals surface area contributed by atoms with Crippen molar-refractivity contribution in [1.29, 1.82) is 0 Å². The van der Waals surface area contributed by atoms with Crippen LogP contribution in [0.4, 0.5) is 0 Å². The highest BCUT2D eigenvalue weighted by Crippen LogP contribution is 2.28. The number of nitrogens with one attached hydrogen (secondary N) is 2. The van der Waals surface area contributed by atoms with Gasteiger partial charge in [-0.05, 0) is 23.6 Å². The summed E-state index contributed by atoms with van der Waals surface area (Å²) in [5.74, 6) is -1.57. The van der Waals surface area contributed by atoms with Gasteiger partial charge in [0, 0.05) is 13.2 Å². The van der Waals surface area contributed by atoms with Crippen LogP contribution >= 0.6 is 11.3 Å². The number of hydrogen-bond donors (Lipinski definition) is 2. The summed E-state index contributed by atoms with van der Waals surface area (Å²) in [4.78, 5) is 36.3. The zero-order valence-corrected chi connectivity index (χ0v) is 15.9. The maximum absolute atomic E-state index is 12.6. The molecule has 0 radical (unpaired) electrons. The predicted octanol–water partition coefficient (Wildman–Crippen LogP) is 1.62. The van der Waals surface area contributed by atoms with Crippen LogP contribution in [0.15, 0.2) is 54.0 Å². The summed E-state index contributed by atoms with van der Waals surface area (Å²) in [7, 11) is 1.46. The highest BCUT2D eigenvalue weighted by atomic mass is 32.1. The molecule has 8 nitrogen and oxygen atoms in total. The van der Waals surface area contributed by atoms with Crippen LogP contribution in [0.3, 0.4) is 0 Å². The van der Waals surface area contributed by atoms with E-state index in [4.69, 9.17) is 4.74 Å². The molecule has 3 rings (SSSR count). The lowest BCUT2D eigenvalue weighted by atomic mass is 10.2. The minimum atomic E-state index is -0.666. The SMILES string of the molecule is CNC(=O)CNC(=O)COC(=O)c1cn(-c2ccccc2)nc1-c1cccs1. The lowest BCUT2D eigenvalue weighted by Crippen LogP contribution is -2.37. The number of nitrogens with zero attached hydrogens (tertiary/aromatic N) is 2. The molecule has 0 fully saturated rings. The second-order valence-corrected chi connectivity index (χ2v) is 6.62. The van der Waals surface area contributed by atoms with E-state index >= 15 is 0 Å². The van der Waals surface area contributed by atoms with Crippen molar-refractivity contribution >= 4 is 29.1 Å². The third-order valence-corrected chi connectivity index (χ3v) is 4.65. The molecule has 2 amide bonds. The van der Waals surface area contributed by atoms with Crippen molar-refractivity contribution in [3.8, 4) is 16.3 Å². The van der Waals surface area contributed by atoms with Gasteiger partial charge in [0.15, 0.2) is 6.61 Å². The molecule has 0 atom stereocenters. The summed E-state index contributed by atoms with van der Waals surface area (Å²) in [6.07, 6.45) is 1.58. The molecule has 0 bridgehead atoms. The molecule has 9 heteroatoms. The van der Waals surface area contributed by atoms with Gasteiger partial charge < -0.3 is 15.4 Å². The van der Waals surface area contributed by atoms with Gasteiger partial charge in [0.1, 0.15) is 11.3 Å². The smallest absolute Gasteiger partial charge is 0.342 e. The number of ether oxygens (including phenoxy) is 1. The fourth-order valence-corrected chi connectivity index (χ4v) is 3.08. The Balaban J connectivity index is 1.76. The molecular formula is C19H18N4O4S. The standard InChI is InChI=1S/C19H18N4O4S/c1-20-16(24)10-21-17(25)12-27-19(26)14-11-23(13-6-3-2-4-7-13)22-18(14)15-8-5-9-28-15/h2-9,11H,10,12H2,1H3,(H,20,24)(H,21,25). The quantitative estimate of drug-likeness (QED) is 0.589. The van der Waals surface area contributed by atoms with Gasteiger partial charge in [-0.15, -0.1) is 11.3 Å². The lowest BCUT2D eigenvalue weighted by molar-refractivity contribution is -0.127. The van der Waals surface area contributed by atoms with Gasteiger partial charge in [0.25, 0.3) is 5.91 Å². The number of thiophene rings is 1. The van der Waals surface area contributed by atoms with Gasteiger partial charge >= 0.3 is 5.97 Å². The van der Waals surface area contributed by atoms with Crippen LogP contribution in [0.25, 0.3) is 16.3 Å². The van der Waals surface area contributed by atoms with Crippen LogP contribution in [0.5, 0.6) is 0 Å². The van der Waals surface area contributed by atoms with E-state index in [2.05, 4.69) is 15.7 Å². The first-order valence-corrected chi connectivity index (χ1v) is 9.30. The minimum Gasteiger partial charge on any atom is -0.452 e. The highest BCUT2D eigenvalue weighted by Gasteiger charge is 2.21.